The SMILES string of the molecule is CCN(Cc1ccccc1)C1CCN(CC(=O)Nc2ccn(C)n2)CC1. The minimum absolute atomic E-state index is 0.0128. The van der Waals surface area contributed by atoms with Crippen molar-refractivity contribution in [2.24, 2.45) is 7.05 Å². The largest absolute Gasteiger partial charge is 0.308 e. The lowest BCUT2D eigenvalue weighted by atomic mass is 10.0. The molecule has 0 unspecified atom stereocenters. The normalized spacial score (nSPS) is 16.1. The fourth-order valence-corrected chi connectivity index (χ4v) is 3.63. The molecule has 1 aliphatic heterocycles. The van der Waals surface area contributed by atoms with Crippen molar-refractivity contribution >= 4 is 11.7 Å². The first-order chi connectivity index (χ1) is 12.6. The van der Waals surface area contributed by atoms with Gasteiger partial charge in [-0.05, 0) is 24.9 Å². The smallest absolute Gasteiger partial charge is 0.239 e. The molecule has 2 aromatic rings. The van der Waals surface area contributed by atoms with Crippen molar-refractivity contribution in [3.05, 3.63) is 48.2 Å². The van der Waals surface area contributed by atoms with E-state index in [1.165, 1.54) is 5.56 Å². The van der Waals surface area contributed by atoms with E-state index in [2.05, 4.69) is 57.5 Å². The molecular formula is C20H29N5O. The summed E-state index contributed by atoms with van der Waals surface area (Å²) in [4.78, 5) is 17.0. The van der Waals surface area contributed by atoms with E-state index in [-0.39, 0.29) is 5.91 Å². The molecule has 1 saturated heterocycles. The van der Waals surface area contributed by atoms with Gasteiger partial charge in [-0.3, -0.25) is 19.3 Å². The summed E-state index contributed by atoms with van der Waals surface area (Å²) >= 11 is 0. The van der Waals surface area contributed by atoms with E-state index in [0.29, 0.717) is 18.4 Å². The van der Waals surface area contributed by atoms with Crippen LogP contribution in [0.1, 0.15) is 25.3 Å². The average molecular weight is 355 g/mol. The van der Waals surface area contributed by atoms with Crippen molar-refractivity contribution in [1.82, 2.24) is 19.6 Å². The summed E-state index contributed by atoms with van der Waals surface area (Å²) in [7, 11) is 1.84. The van der Waals surface area contributed by atoms with Gasteiger partial charge in [0.05, 0.1) is 6.54 Å². The Bertz CT molecular complexity index is 691. The lowest BCUT2D eigenvalue weighted by molar-refractivity contribution is -0.117. The van der Waals surface area contributed by atoms with Crippen LogP contribution in [-0.4, -0.2) is 57.7 Å². The molecule has 0 atom stereocenters. The first kappa shape index (κ1) is 18.6. The summed E-state index contributed by atoms with van der Waals surface area (Å²) in [5.74, 6) is 0.631. The molecule has 6 nitrogen and oxygen atoms in total. The maximum absolute atomic E-state index is 12.2. The van der Waals surface area contributed by atoms with Crippen molar-refractivity contribution in [2.45, 2.75) is 32.4 Å². The zero-order valence-electron chi connectivity index (χ0n) is 15.8. The summed E-state index contributed by atoms with van der Waals surface area (Å²) in [6.07, 6.45) is 4.04. The molecule has 1 N–H and O–H groups in total. The number of aromatic nitrogens is 2. The highest BCUT2D eigenvalue weighted by Gasteiger charge is 2.25. The molecule has 0 radical (unpaired) electrons. The second kappa shape index (κ2) is 8.96. The number of anilines is 1. The van der Waals surface area contributed by atoms with Gasteiger partial charge in [0, 0.05) is 45.0 Å². The lowest BCUT2D eigenvalue weighted by Crippen LogP contribution is -2.46. The number of hydrogen-bond donors (Lipinski definition) is 1. The van der Waals surface area contributed by atoms with Gasteiger partial charge < -0.3 is 5.32 Å². The molecule has 1 fully saturated rings. The molecule has 0 spiro atoms. The Kier molecular flexibility index (Phi) is 6.41. The van der Waals surface area contributed by atoms with Crippen LogP contribution in [0.5, 0.6) is 0 Å². The predicted molar refractivity (Wildman–Crippen MR) is 104 cm³/mol. The number of nitrogens with one attached hydrogen (secondary N) is 1. The topological polar surface area (TPSA) is 53.4 Å². The summed E-state index contributed by atoms with van der Waals surface area (Å²) in [6.45, 7) is 6.66. The average Bonchev–Trinajstić information content (AvgIpc) is 3.06. The second-order valence-electron chi connectivity index (χ2n) is 6.98. The monoisotopic (exact) mass is 355 g/mol. The van der Waals surface area contributed by atoms with Crippen LogP contribution in [0.4, 0.5) is 5.82 Å². The van der Waals surface area contributed by atoms with Crippen molar-refractivity contribution in [2.75, 3.05) is 31.5 Å². The van der Waals surface area contributed by atoms with Crippen LogP contribution < -0.4 is 5.32 Å². The van der Waals surface area contributed by atoms with E-state index in [9.17, 15) is 4.79 Å². The Hall–Kier alpha value is -2.18. The van der Waals surface area contributed by atoms with Crippen molar-refractivity contribution in [3.8, 4) is 0 Å². The molecule has 1 aliphatic rings. The molecule has 0 bridgehead atoms. The number of carbonyl (C=O) groups excluding carboxylic acids is 1. The Balaban J connectivity index is 1.44. The first-order valence-electron chi connectivity index (χ1n) is 9.44. The zero-order chi connectivity index (χ0) is 18.4. The van der Waals surface area contributed by atoms with Gasteiger partial charge in [0.1, 0.15) is 0 Å². The molecule has 26 heavy (non-hydrogen) atoms. The summed E-state index contributed by atoms with van der Waals surface area (Å²) < 4.78 is 1.69. The molecule has 3 rings (SSSR count). The van der Waals surface area contributed by atoms with Crippen LogP contribution in [0, 0.1) is 0 Å². The van der Waals surface area contributed by atoms with E-state index in [4.69, 9.17) is 0 Å². The molecule has 0 aliphatic carbocycles. The Morgan fingerprint density at radius 2 is 1.96 bits per heavy atom. The van der Waals surface area contributed by atoms with Crippen LogP contribution >= 0.6 is 0 Å². The van der Waals surface area contributed by atoms with Gasteiger partial charge in [0.25, 0.3) is 0 Å². The molecule has 2 heterocycles. The third kappa shape index (κ3) is 5.16. The fourth-order valence-electron chi connectivity index (χ4n) is 3.63. The molecule has 1 aromatic carbocycles. The molecule has 0 saturated carbocycles. The number of aryl methyl sites for hydroxylation is 1. The van der Waals surface area contributed by atoms with Gasteiger partial charge in [0.15, 0.2) is 5.82 Å². The van der Waals surface area contributed by atoms with E-state index < -0.39 is 0 Å². The standard InChI is InChI=1S/C20H29N5O/c1-3-25(15-17-7-5-4-6-8-17)18-9-13-24(14-10-18)16-20(26)21-19-11-12-23(2)22-19/h4-8,11-12,18H,3,9-10,13-16H2,1-2H3,(H,21,22,26). The Morgan fingerprint density at radius 1 is 1.23 bits per heavy atom. The molecular weight excluding hydrogens is 326 g/mol. The second-order valence-corrected chi connectivity index (χ2v) is 6.98. The number of amides is 1. The first-order valence-corrected chi connectivity index (χ1v) is 9.44. The number of benzene rings is 1. The van der Waals surface area contributed by atoms with Gasteiger partial charge in [-0.2, -0.15) is 5.10 Å². The van der Waals surface area contributed by atoms with Gasteiger partial charge >= 0.3 is 0 Å². The highest BCUT2D eigenvalue weighted by atomic mass is 16.2. The predicted octanol–water partition coefficient (Wildman–Crippen LogP) is 2.35. The summed E-state index contributed by atoms with van der Waals surface area (Å²) in [5, 5.41) is 7.05. The van der Waals surface area contributed by atoms with E-state index >= 15 is 0 Å². The van der Waals surface area contributed by atoms with Crippen LogP contribution in [0.2, 0.25) is 0 Å². The van der Waals surface area contributed by atoms with Gasteiger partial charge in [-0.1, -0.05) is 37.3 Å². The number of rotatable bonds is 7. The van der Waals surface area contributed by atoms with Crippen LogP contribution in [-0.2, 0) is 18.4 Å². The number of piperidine rings is 1. The lowest BCUT2D eigenvalue weighted by Gasteiger charge is -2.38. The fraction of sp³-hybridized carbons (Fsp3) is 0.500. The zero-order valence-corrected chi connectivity index (χ0v) is 15.8. The third-order valence-corrected chi connectivity index (χ3v) is 5.06. The van der Waals surface area contributed by atoms with Crippen LogP contribution in [0.25, 0.3) is 0 Å². The van der Waals surface area contributed by atoms with Crippen molar-refractivity contribution in [3.63, 3.8) is 0 Å². The number of carbonyl (C=O) groups is 1. The molecule has 1 aromatic heterocycles. The van der Waals surface area contributed by atoms with E-state index in [1.54, 1.807) is 4.68 Å². The maximum Gasteiger partial charge on any atom is 0.239 e. The van der Waals surface area contributed by atoms with Crippen LogP contribution in [0.3, 0.4) is 0 Å². The maximum atomic E-state index is 12.2. The van der Waals surface area contributed by atoms with Gasteiger partial charge in [0.2, 0.25) is 5.91 Å². The number of hydrogen-bond acceptors (Lipinski definition) is 4. The highest BCUT2D eigenvalue weighted by molar-refractivity contribution is 5.91. The van der Waals surface area contributed by atoms with Gasteiger partial charge in [-0.15, -0.1) is 0 Å². The number of likely N-dealkylation sites (tertiary alicyclic amines) is 1. The minimum Gasteiger partial charge on any atom is -0.308 e. The summed E-state index contributed by atoms with van der Waals surface area (Å²) in [6, 6.07) is 13.1. The molecule has 1 amide bonds. The van der Waals surface area contributed by atoms with E-state index in [0.717, 1.165) is 39.0 Å². The quantitative estimate of drug-likeness (QED) is 0.828. The highest BCUT2D eigenvalue weighted by Crippen LogP contribution is 2.19. The van der Waals surface area contributed by atoms with Gasteiger partial charge in [-0.25, -0.2) is 0 Å². The minimum atomic E-state index is 0.0128. The van der Waals surface area contributed by atoms with Crippen molar-refractivity contribution in [1.29, 1.82) is 0 Å². The van der Waals surface area contributed by atoms with Crippen LogP contribution in [0.15, 0.2) is 42.6 Å². The van der Waals surface area contributed by atoms with E-state index in [1.807, 2.05) is 19.3 Å². The summed E-state index contributed by atoms with van der Waals surface area (Å²) in [5.41, 5.74) is 1.37. The Morgan fingerprint density at radius 3 is 2.58 bits per heavy atom. The third-order valence-electron chi connectivity index (χ3n) is 5.06. The Labute approximate surface area is 155 Å². The van der Waals surface area contributed by atoms with Crippen molar-refractivity contribution < 1.29 is 4.79 Å². The molecule has 6 heteroatoms. The molecule has 140 valence electrons. The number of nitrogens with zero attached hydrogens (tertiary/aromatic N) is 4.